The van der Waals surface area contributed by atoms with Gasteiger partial charge in [0.05, 0.1) is 53.8 Å². The van der Waals surface area contributed by atoms with Gasteiger partial charge in [0.25, 0.3) is 0 Å². The number of piperidine rings is 1. The number of aliphatic hydroxyl groups excluding tert-OH is 2. The highest BCUT2D eigenvalue weighted by molar-refractivity contribution is 6.32. The molecule has 2 saturated heterocycles. The Morgan fingerprint density at radius 1 is 1.40 bits per heavy atom. The molecule has 0 radical (unpaired) electrons. The van der Waals surface area contributed by atoms with Crippen LogP contribution in [-0.2, 0) is 9.53 Å². The van der Waals surface area contributed by atoms with Gasteiger partial charge < -0.3 is 30.2 Å². The highest BCUT2D eigenvalue weighted by Gasteiger charge is 2.39. The Hall–Kier alpha value is -2.43. The van der Waals surface area contributed by atoms with Gasteiger partial charge >= 0.3 is 0 Å². The van der Waals surface area contributed by atoms with Gasteiger partial charge in [-0.15, -0.1) is 0 Å². The Morgan fingerprint density at radius 3 is 3.03 bits per heavy atom. The van der Waals surface area contributed by atoms with Gasteiger partial charge in [-0.25, -0.2) is 0 Å². The Balaban J connectivity index is 1.38. The fourth-order valence-electron chi connectivity index (χ4n) is 5.17. The van der Waals surface area contributed by atoms with E-state index in [-0.39, 0.29) is 19.1 Å². The second kappa shape index (κ2) is 9.55. The number of amides is 1. The van der Waals surface area contributed by atoms with Crippen LogP contribution in [0.5, 0.6) is 0 Å². The van der Waals surface area contributed by atoms with E-state index >= 15 is 0 Å². The zero-order valence-electron chi connectivity index (χ0n) is 20.0. The van der Waals surface area contributed by atoms with Crippen molar-refractivity contribution in [1.82, 2.24) is 19.8 Å². The second-order valence-electron chi connectivity index (χ2n) is 10.2. The molecule has 2 aromatic heterocycles. The molecular weight excluding hydrogens is 470 g/mol. The number of hydrogen-bond donors (Lipinski definition) is 4. The summed E-state index contributed by atoms with van der Waals surface area (Å²) >= 11 is 6.43. The van der Waals surface area contributed by atoms with Gasteiger partial charge in [-0.3, -0.25) is 14.7 Å². The molecule has 10 heteroatoms. The third-order valence-corrected chi connectivity index (χ3v) is 7.15. The number of fused-ring (bicyclic) bond motifs is 3. The van der Waals surface area contributed by atoms with Gasteiger partial charge in [-0.1, -0.05) is 11.6 Å². The lowest BCUT2D eigenvalue weighted by atomic mass is 10.0. The summed E-state index contributed by atoms with van der Waals surface area (Å²) in [5.41, 5.74) is 1.90. The number of ether oxygens (including phenoxy) is 1. The topological polar surface area (TPSA) is 114 Å². The average molecular weight is 502 g/mol. The van der Waals surface area contributed by atoms with Crippen molar-refractivity contribution in [2.45, 2.75) is 50.7 Å². The maximum absolute atomic E-state index is 13.1. The molecule has 3 atom stereocenters. The summed E-state index contributed by atoms with van der Waals surface area (Å²) in [5.74, 6) is -0.0492. The number of aliphatic hydroxyl groups is 2. The monoisotopic (exact) mass is 501 g/mol. The number of halogens is 1. The van der Waals surface area contributed by atoms with E-state index in [1.165, 1.54) is 0 Å². The molecule has 9 nitrogen and oxygen atoms in total. The Kier molecular flexibility index (Phi) is 6.63. The van der Waals surface area contributed by atoms with Crippen LogP contribution in [0.25, 0.3) is 21.8 Å². The largest absolute Gasteiger partial charge is 0.391 e. The Labute approximate surface area is 209 Å². The number of pyridine rings is 1. The van der Waals surface area contributed by atoms with E-state index in [2.05, 4.69) is 15.3 Å². The summed E-state index contributed by atoms with van der Waals surface area (Å²) in [7, 11) is 0. The number of β-amino-alcohol motifs (C(OH)–C–C–N with tert-alkyl or cyclic N) is 1. The third kappa shape index (κ3) is 5.10. The van der Waals surface area contributed by atoms with Gasteiger partial charge in [0.2, 0.25) is 5.91 Å². The SMILES string of the molecule is CC1(C)CN(CC(=O)N2CCC[C@@H](O)C2)[C@H](C(O)Nc2cc(Cl)cc3c2[nH]c2cnccc23)CO1. The van der Waals surface area contributed by atoms with Crippen LogP contribution >= 0.6 is 11.6 Å². The normalized spacial score (nSPS) is 24.1. The maximum atomic E-state index is 13.1. The number of carbonyl (C=O) groups excluding carboxylic acids is 1. The maximum Gasteiger partial charge on any atom is 0.236 e. The number of benzene rings is 1. The molecule has 35 heavy (non-hydrogen) atoms. The third-order valence-electron chi connectivity index (χ3n) is 6.93. The number of likely N-dealkylation sites (tertiary alicyclic amines) is 1. The van der Waals surface area contributed by atoms with Gasteiger partial charge in [-0.05, 0) is 44.9 Å². The molecule has 2 aliphatic heterocycles. The molecule has 0 spiro atoms. The summed E-state index contributed by atoms with van der Waals surface area (Å²) in [6, 6.07) is 5.12. The summed E-state index contributed by atoms with van der Waals surface area (Å²) in [4.78, 5) is 24.3. The molecule has 1 amide bonds. The minimum Gasteiger partial charge on any atom is -0.391 e. The minimum atomic E-state index is -1.02. The fraction of sp³-hybridized carbons (Fsp3) is 0.520. The van der Waals surface area contributed by atoms with Crippen LogP contribution in [0.15, 0.2) is 30.6 Å². The van der Waals surface area contributed by atoms with Gasteiger partial charge in [0, 0.05) is 41.6 Å². The predicted molar refractivity (Wildman–Crippen MR) is 135 cm³/mol. The average Bonchev–Trinajstić information content (AvgIpc) is 3.17. The number of aromatic amines is 1. The standard InChI is InChI=1S/C25H32ClN5O4/c1-25(2)14-31(12-22(33)30-7-3-4-16(32)11-30)21(13-35-25)24(34)29-19-9-15(26)8-18-17-5-6-27-10-20(17)28-23(18)19/h5-6,8-10,16,21,24,28-29,32,34H,3-4,7,11-14H2,1-2H3/t16-,21+,24?/m1/s1. The molecule has 5 rings (SSSR count). The summed E-state index contributed by atoms with van der Waals surface area (Å²) in [6.45, 7) is 5.85. The molecular formula is C25H32ClN5O4. The first-order valence-corrected chi connectivity index (χ1v) is 12.4. The summed E-state index contributed by atoms with van der Waals surface area (Å²) in [5, 5.41) is 27.0. The smallest absolute Gasteiger partial charge is 0.236 e. The quantitative estimate of drug-likeness (QED) is 0.397. The lowest BCUT2D eigenvalue weighted by Crippen LogP contribution is -2.61. The van der Waals surface area contributed by atoms with Crippen molar-refractivity contribution in [1.29, 1.82) is 0 Å². The zero-order chi connectivity index (χ0) is 24.7. The van der Waals surface area contributed by atoms with Crippen molar-refractivity contribution >= 4 is 45.0 Å². The number of H-pyrrole nitrogens is 1. The highest BCUT2D eigenvalue weighted by atomic mass is 35.5. The molecule has 1 aromatic carbocycles. The van der Waals surface area contributed by atoms with E-state index in [0.29, 0.717) is 30.3 Å². The molecule has 0 saturated carbocycles. The number of anilines is 1. The van der Waals surface area contributed by atoms with E-state index in [0.717, 1.165) is 34.6 Å². The van der Waals surface area contributed by atoms with Crippen LogP contribution in [0.4, 0.5) is 5.69 Å². The number of nitrogens with zero attached hydrogens (tertiary/aromatic N) is 3. The second-order valence-corrected chi connectivity index (χ2v) is 10.6. The first-order valence-electron chi connectivity index (χ1n) is 12.0. The molecule has 2 fully saturated rings. The molecule has 0 bridgehead atoms. The fourth-order valence-corrected chi connectivity index (χ4v) is 5.39. The van der Waals surface area contributed by atoms with Crippen LogP contribution in [0.1, 0.15) is 26.7 Å². The first-order chi connectivity index (χ1) is 16.7. The van der Waals surface area contributed by atoms with E-state index < -0.39 is 24.0 Å². The summed E-state index contributed by atoms with van der Waals surface area (Å²) < 4.78 is 6.02. The van der Waals surface area contributed by atoms with Crippen molar-refractivity contribution in [2.24, 2.45) is 0 Å². The van der Waals surface area contributed by atoms with Crippen molar-refractivity contribution in [3.63, 3.8) is 0 Å². The van der Waals surface area contributed by atoms with Crippen molar-refractivity contribution < 1.29 is 19.7 Å². The molecule has 188 valence electrons. The number of carbonyl (C=O) groups is 1. The lowest BCUT2D eigenvalue weighted by Gasteiger charge is -2.45. The van der Waals surface area contributed by atoms with Crippen LogP contribution < -0.4 is 5.32 Å². The van der Waals surface area contributed by atoms with E-state index in [1.54, 1.807) is 23.4 Å². The first kappa shape index (κ1) is 24.3. The van der Waals surface area contributed by atoms with E-state index in [9.17, 15) is 15.0 Å². The predicted octanol–water partition coefficient (Wildman–Crippen LogP) is 2.56. The van der Waals surface area contributed by atoms with Crippen molar-refractivity contribution in [2.75, 3.05) is 38.1 Å². The van der Waals surface area contributed by atoms with Crippen molar-refractivity contribution in [3.05, 3.63) is 35.6 Å². The van der Waals surface area contributed by atoms with E-state index in [1.807, 2.05) is 30.9 Å². The van der Waals surface area contributed by atoms with E-state index in [4.69, 9.17) is 16.3 Å². The Morgan fingerprint density at radius 2 is 2.23 bits per heavy atom. The van der Waals surface area contributed by atoms with Crippen molar-refractivity contribution in [3.8, 4) is 0 Å². The molecule has 1 unspecified atom stereocenters. The highest BCUT2D eigenvalue weighted by Crippen LogP contribution is 2.34. The number of nitrogens with one attached hydrogen (secondary N) is 2. The van der Waals surface area contributed by atoms with Crippen LogP contribution in [0.2, 0.25) is 5.02 Å². The number of morpholine rings is 1. The summed E-state index contributed by atoms with van der Waals surface area (Å²) in [6.07, 6.45) is 3.50. The van der Waals surface area contributed by atoms with Crippen LogP contribution in [-0.4, -0.2) is 92.6 Å². The molecule has 4 heterocycles. The Bertz CT molecular complexity index is 1230. The molecule has 3 aromatic rings. The number of hydrogen-bond acceptors (Lipinski definition) is 7. The zero-order valence-corrected chi connectivity index (χ0v) is 20.8. The number of aromatic nitrogens is 2. The van der Waals surface area contributed by atoms with Gasteiger partial charge in [-0.2, -0.15) is 0 Å². The van der Waals surface area contributed by atoms with Gasteiger partial charge in [0.15, 0.2) is 0 Å². The van der Waals surface area contributed by atoms with Gasteiger partial charge in [0.1, 0.15) is 6.23 Å². The van der Waals surface area contributed by atoms with Crippen LogP contribution in [0.3, 0.4) is 0 Å². The molecule has 0 aliphatic carbocycles. The lowest BCUT2D eigenvalue weighted by molar-refractivity contribution is -0.152. The molecule has 2 aliphatic rings. The van der Waals surface area contributed by atoms with Crippen LogP contribution in [0, 0.1) is 0 Å². The number of rotatable bonds is 5. The minimum absolute atomic E-state index is 0.0492. The molecule has 4 N–H and O–H groups in total.